The van der Waals surface area contributed by atoms with Crippen LogP contribution in [0.1, 0.15) is 36.4 Å². The van der Waals surface area contributed by atoms with Gasteiger partial charge < -0.3 is 20.3 Å². The maximum Gasteiger partial charge on any atom is 0.416 e. The van der Waals surface area contributed by atoms with Gasteiger partial charge in [0.25, 0.3) is 0 Å². The molecule has 1 aromatic carbocycles. The first-order valence-electron chi connectivity index (χ1n) is 6.77. The van der Waals surface area contributed by atoms with Crippen molar-refractivity contribution >= 4 is 5.97 Å². The van der Waals surface area contributed by atoms with Crippen LogP contribution in [0.4, 0.5) is 13.2 Å². The van der Waals surface area contributed by atoms with Crippen molar-refractivity contribution in [2.75, 3.05) is 13.2 Å². The van der Waals surface area contributed by atoms with E-state index >= 15 is 0 Å². The lowest BCUT2D eigenvalue weighted by Crippen LogP contribution is -2.19. The number of ether oxygens (including phenoxy) is 2. The molecule has 2 rings (SSSR count). The normalized spacial score (nSPS) is 16.0. The van der Waals surface area contributed by atoms with Gasteiger partial charge in [-0.05, 0) is 24.1 Å². The molecule has 5 nitrogen and oxygen atoms in total. The van der Waals surface area contributed by atoms with E-state index in [4.69, 9.17) is 20.3 Å². The number of benzene rings is 1. The molecule has 0 aliphatic carbocycles. The van der Waals surface area contributed by atoms with Gasteiger partial charge in [0.2, 0.25) is 0 Å². The van der Waals surface area contributed by atoms with Crippen LogP contribution in [-0.4, -0.2) is 24.3 Å². The van der Waals surface area contributed by atoms with Crippen LogP contribution in [0.15, 0.2) is 12.1 Å². The number of carboxylic acid groups (broad SMARTS) is 1. The summed E-state index contributed by atoms with van der Waals surface area (Å²) in [6, 6.07) is 1.02. The maximum atomic E-state index is 13.2. The van der Waals surface area contributed by atoms with Crippen molar-refractivity contribution < 1.29 is 32.5 Å². The monoisotopic (exact) mass is 319 g/mol. The number of nitrogens with two attached hydrogens (primary N) is 1. The fraction of sp³-hybridized carbons (Fsp3) is 0.500. The highest BCUT2D eigenvalue weighted by Crippen LogP contribution is 2.42. The van der Waals surface area contributed by atoms with E-state index in [1.54, 1.807) is 0 Å². The number of carboxylic acids is 1. The second kappa shape index (κ2) is 6.43. The minimum atomic E-state index is -4.61. The van der Waals surface area contributed by atoms with Crippen LogP contribution < -0.4 is 15.2 Å². The predicted molar refractivity (Wildman–Crippen MR) is 70.8 cm³/mol. The number of alkyl halides is 3. The summed E-state index contributed by atoms with van der Waals surface area (Å²) < 4.78 is 50.3. The molecule has 0 saturated carbocycles. The molecule has 0 aromatic heterocycles. The summed E-state index contributed by atoms with van der Waals surface area (Å²) >= 11 is 0. The topological polar surface area (TPSA) is 81.8 Å². The third-order valence-corrected chi connectivity index (χ3v) is 3.29. The predicted octanol–water partition coefficient (Wildman–Crippen LogP) is 2.73. The van der Waals surface area contributed by atoms with E-state index in [1.807, 2.05) is 0 Å². The van der Waals surface area contributed by atoms with Crippen molar-refractivity contribution in [3.8, 4) is 11.5 Å². The molecule has 8 heteroatoms. The fourth-order valence-corrected chi connectivity index (χ4v) is 2.21. The van der Waals surface area contributed by atoms with Gasteiger partial charge in [-0.2, -0.15) is 13.2 Å². The molecule has 22 heavy (non-hydrogen) atoms. The van der Waals surface area contributed by atoms with Crippen molar-refractivity contribution in [2.24, 2.45) is 5.73 Å². The highest BCUT2D eigenvalue weighted by atomic mass is 19.4. The highest BCUT2D eigenvalue weighted by Gasteiger charge is 2.36. The van der Waals surface area contributed by atoms with Crippen LogP contribution in [0, 0.1) is 0 Å². The van der Waals surface area contributed by atoms with Gasteiger partial charge in [-0.1, -0.05) is 0 Å². The fourth-order valence-electron chi connectivity index (χ4n) is 2.21. The summed E-state index contributed by atoms with van der Waals surface area (Å²) in [7, 11) is 0. The second-order valence-corrected chi connectivity index (χ2v) is 4.97. The quantitative estimate of drug-likeness (QED) is 0.892. The number of hydrogen-bond acceptors (Lipinski definition) is 4. The van der Waals surface area contributed by atoms with Gasteiger partial charge in [0, 0.05) is 18.9 Å². The number of carbonyl (C=O) groups is 1. The molecule has 0 amide bonds. The van der Waals surface area contributed by atoms with Crippen molar-refractivity contribution in [3.63, 3.8) is 0 Å². The average molecular weight is 319 g/mol. The van der Waals surface area contributed by atoms with Crippen LogP contribution in [-0.2, 0) is 11.0 Å². The molecule has 0 bridgehead atoms. The minimum absolute atomic E-state index is 0.0269. The first-order valence-corrected chi connectivity index (χ1v) is 6.77. The lowest BCUT2D eigenvalue weighted by Gasteiger charge is -2.20. The van der Waals surface area contributed by atoms with E-state index in [0.717, 1.165) is 6.07 Å². The molecule has 1 aliphatic heterocycles. The summed E-state index contributed by atoms with van der Waals surface area (Å²) in [6.07, 6.45) is -4.46. The summed E-state index contributed by atoms with van der Waals surface area (Å²) in [5, 5.41) is 8.65. The number of halogens is 3. The Kier molecular flexibility index (Phi) is 4.80. The Morgan fingerprint density at radius 3 is 2.41 bits per heavy atom. The van der Waals surface area contributed by atoms with Gasteiger partial charge >= 0.3 is 12.1 Å². The first kappa shape index (κ1) is 16.4. The van der Waals surface area contributed by atoms with Gasteiger partial charge in [0.1, 0.15) is 0 Å². The van der Waals surface area contributed by atoms with E-state index < -0.39 is 23.8 Å². The van der Waals surface area contributed by atoms with Crippen molar-refractivity contribution in [1.82, 2.24) is 0 Å². The zero-order valence-corrected chi connectivity index (χ0v) is 11.7. The van der Waals surface area contributed by atoms with Gasteiger partial charge in [-0.25, -0.2) is 0 Å². The standard InChI is InChI=1S/C14H16F3NO4/c15-14(16,17)9-7-12-11(21-4-1-5-22-12)6-8(9)10(18)2-3-13(19)20/h6-7,10H,1-5,18H2,(H,19,20). The molecule has 0 spiro atoms. The molecule has 1 heterocycles. The Morgan fingerprint density at radius 1 is 1.27 bits per heavy atom. The van der Waals surface area contributed by atoms with Crippen LogP contribution >= 0.6 is 0 Å². The number of hydrogen-bond donors (Lipinski definition) is 2. The van der Waals surface area contributed by atoms with Crippen LogP contribution in [0.3, 0.4) is 0 Å². The Morgan fingerprint density at radius 2 is 1.86 bits per heavy atom. The van der Waals surface area contributed by atoms with Gasteiger partial charge in [-0.3, -0.25) is 4.79 Å². The molecule has 1 aromatic rings. The lowest BCUT2D eigenvalue weighted by molar-refractivity contribution is -0.138. The summed E-state index contributed by atoms with van der Waals surface area (Å²) in [4.78, 5) is 10.6. The molecular formula is C14H16F3NO4. The van der Waals surface area contributed by atoms with Gasteiger partial charge in [0.05, 0.1) is 18.8 Å². The molecule has 1 aliphatic rings. The van der Waals surface area contributed by atoms with Crippen molar-refractivity contribution in [2.45, 2.75) is 31.5 Å². The van der Waals surface area contributed by atoms with E-state index in [9.17, 15) is 18.0 Å². The molecule has 1 atom stereocenters. The zero-order chi connectivity index (χ0) is 16.3. The van der Waals surface area contributed by atoms with E-state index in [2.05, 4.69) is 0 Å². The number of fused-ring (bicyclic) bond motifs is 1. The molecular weight excluding hydrogens is 303 g/mol. The smallest absolute Gasteiger partial charge is 0.416 e. The maximum absolute atomic E-state index is 13.2. The Labute approximate surface area is 124 Å². The summed E-state index contributed by atoms with van der Waals surface area (Å²) in [6.45, 7) is 0.608. The molecule has 122 valence electrons. The minimum Gasteiger partial charge on any atom is -0.490 e. The number of aliphatic carboxylic acids is 1. The van der Waals surface area contributed by atoms with Crippen LogP contribution in [0.25, 0.3) is 0 Å². The van der Waals surface area contributed by atoms with Gasteiger partial charge in [-0.15, -0.1) is 0 Å². The van der Waals surface area contributed by atoms with E-state index in [0.29, 0.717) is 13.0 Å². The summed E-state index contributed by atoms with van der Waals surface area (Å²) in [5.41, 5.74) is 4.65. The Balaban J connectivity index is 2.41. The summed E-state index contributed by atoms with van der Waals surface area (Å²) in [5.74, 6) is -0.886. The Bertz CT molecular complexity index is 560. The van der Waals surface area contributed by atoms with Gasteiger partial charge in [0.15, 0.2) is 11.5 Å². The molecule has 1 unspecified atom stereocenters. The van der Waals surface area contributed by atoms with Crippen LogP contribution in [0.5, 0.6) is 11.5 Å². The molecule has 3 N–H and O–H groups in total. The molecule has 0 fully saturated rings. The van der Waals surface area contributed by atoms with Crippen molar-refractivity contribution in [3.05, 3.63) is 23.3 Å². The van der Waals surface area contributed by atoms with Crippen LogP contribution in [0.2, 0.25) is 0 Å². The third-order valence-electron chi connectivity index (χ3n) is 3.29. The highest BCUT2D eigenvalue weighted by molar-refractivity contribution is 5.66. The van der Waals surface area contributed by atoms with E-state index in [-0.39, 0.29) is 36.5 Å². The van der Waals surface area contributed by atoms with E-state index in [1.165, 1.54) is 6.07 Å². The largest absolute Gasteiger partial charge is 0.490 e. The zero-order valence-electron chi connectivity index (χ0n) is 11.7. The number of rotatable bonds is 4. The Hall–Kier alpha value is -1.96. The first-order chi connectivity index (χ1) is 10.3. The molecule has 0 radical (unpaired) electrons. The second-order valence-electron chi connectivity index (χ2n) is 4.97. The lowest BCUT2D eigenvalue weighted by atomic mass is 9.96. The average Bonchev–Trinajstić information content (AvgIpc) is 2.66. The SMILES string of the molecule is NC(CCC(=O)O)c1cc2c(cc1C(F)(F)F)OCCCO2. The van der Waals surface area contributed by atoms with Crippen molar-refractivity contribution in [1.29, 1.82) is 0 Å². The molecule has 0 saturated heterocycles. The third kappa shape index (κ3) is 3.82.